The zero-order valence-electron chi connectivity index (χ0n) is 12.3. The fourth-order valence-electron chi connectivity index (χ4n) is 2.13. The Bertz CT molecular complexity index is 938. The van der Waals surface area contributed by atoms with E-state index in [4.69, 9.17) is 23.2 Å². The van der Waals surface area contributed by atoms with Crippen molar-refractivity contribution in [2.45, 2.75) is 17.9 Å². The number of benzene rings is 1. The highest BCUT2D eigenvalue weighted by Crippen LogP contribution is 2.34. The summed E-state index contributed by atoms with van der Waals surface area (Å²) in [5, 5.41) is 4.04. The Balaban J connectivity index is 1.79. The van der Waals surface area contributed by atoms with E-state index in [9.17, 15) is 8.42 Å². The van der Waals surface area contributed by atoms with Crippen LogP contribution in [0.3, 0.4) is 0 Å². The first-order valence-corrected chi connectivity index (χ1v) is 9.84. The minimum absolute atomic E-state index is 0.00903. The molecule has 0 fully saturated rings. The van der Waals surface area contributed by atoms with Crippen LogP contribution in [-0.4, -0.2) is 23.2 Å². The second kappa shape index (κ2) is 6.81. The molecule has 3 rings (SSSR count). The summed E-state index contributed by atoms with van der Waals surface area (Å²) >= 11 is 12.8. The van der Waals surface area contributed by atoms with Gasteiger partial charge in [0.05, 0.1) is 10.0 Å². The van der Waals surface area contributed by atoms with Crippen molar-refractivity contribution in [3.63, 3.8) is 0 Å². The average molecular weight is 403 g/mol. The maximum absolute atomic E-state index is 12.4. The van der Waals surface area contributed by atoms with Gasteiger partial charge >= 0.3 is 0 Å². The Morgan fingerprint density at radius 3 is 2.50 bits per heavy atom. The largest absolute Gasteiger partial charge is 0.243 e. The highest BCUT2D eigenvalue weighted by Gasteiger charge is 2.23. The van der Waals surface area contributed by atoms with Gasteiger partial charge in [-0.2, -0.15) is 5.10 Å². The molecule has 0 radical (unpaired) electrons. The maximum atomic E-state index is 12.4. The third kappa shape index (κ3) is 3.62. The van der Waals surface area contributed by atoms with Crippen LogP contribution in [0.5, 0.6) is 0 Å². The molecule has 24 heavy (non-hydrogen) atoms. The van der Waals surface area contributed by atoms with Crippen LogP contribution in [0.1, 0.15) is 18.5 Å². The van der Waals surface area contributed by atoms with Gasteiger partial charge in [0.25, 0.3) is 0 Å². The molecule has 1 unspecified atom stereocenters. The van der Waals surface area contributed by atoms with E-state index in [0.717, 1.165) is 22.6 Å². The lowest BCUT2D eigenvalue weighted by Crippen LogP contribution is -2.26. The van der Waals surface area contributed by atoms with E-state index in [2.05, 4.69) is 14.8 Å². The molecule has 126 valence electrons. The molecule has 0 aliphatic rings. The van der Waals surface area contributed by atoms with E-state index in [1.807, 2.05) is 24.3 Å². The van der Waals surface area contributed by atoms with Crippen LogP contribution in [-0.2, 0) is 10.0 Å². The molecule has 6 nitrogen and oxygen atoms in total. The summed E-state index contributed by atoms with van der Waals surface area (Å²) in [5.74, 6) is 0. The van der Waals surface area contributed by atoms with Crippen molar-refractivity contribution in [1.82, 2.24) is 19.5 Å². The Kier molecular flexibility index (Phi) is 4.93. The van der Waals surface area contributed by atoms with E-state index in [0.29, 0.717) is 4.34 Å². The molecular weight excluding hydrogens is 391 g/mol. The molecule has 2 heterocycles. The molecule has 1 aromatic carbocycles. The third-order valence-corrected chi connectivity index (χ3v) is 6.62. The van der Waals surface area contributed by atoms with E-state index in [1.54, 1.807) is 17.9 Å². The topological polar surface area (TPSA) is 76.9 Å². The van der Waals surface area contributed by atoms with Crippen LogP contribution in [0.15, 0.2) is 47.9 Å². The molecule has 0 amide bonds. The number of nitrogens with one attached hydrogen (secondary N) is 1. The lowest BCUT2D eigenvalue weighted by molar-refractivity contribution is 0.567. The average Bonchev–Trinajstić information content (AvgIpc) is 3.17. The number of sulfonamides is 1. The summed E-state index contributed by atoms with van der Waals surface area (Å²) in [4.78, 5) is 3.88. The predicted octanol–water partition coefficient (Wildman–Crippen LogP) is 3.68. The number of aromatic nitrogens is 3. The molecule has 0 bridgehead atoms. The summed E-state index contributed by atoms with van der Waals surface area (Å²) in [6.45, 7) is 1.75. The van der Waals surface area contributed by atoms with Crippen LogP contribution in [0, 0.1) is 0 Å². The molecule has 0 aliphatic heterocycles. The molecule has 1 N–H and O–H groups in total. The maximum Gasteiger partial charge on any atom is 0.243 e. The molecule has 1 atom stereocenters. The first-order valence-electron chi connectivity index (χ1n) is 6.79. The highest BCUT2D eigenvalue weighted by atomic mass is 35.5. The Morgan fingerprint density at radius 2 is 1.96 bits per heavy atom. The summed E-state index contributed by atoms with van der Waals surface area (Å²) in [5.41, 5.74) is 1.64. The van der Waals surface area contributed by atoms with Crippen molar-refractivity contribution in [2.24, 2.45) is 0 Å². The van der Waals surface area contributed by atoms with Crippen molar-refractivity contribution < 1.29 is 8.42 Å². The van der Waals surface area contributed by atoms with Crippen LogP contribution in [0.2, 0.25) is 8.67 Å². The summed E-state index contributed by atoms with van der Waals surface area (Å²) in [6.07, 6.45) is 3.03. The SMILES string of the molecule is CC(NS(=O)(=O)c1cc(Cl)sc1Cl)c1ccc(-n2cncn2)cc1. The second-order valence-corrected chi connectivity index (χ2v) is 8.93. The molecule has 3 aromatic rings. The number of rotatable bonds is 5. The minimum Gasteiger partial charge on any atom is -0.223 e. The lowest BCUT2D eigenvalue weighted by atomic mass is 10.1. The van der Waals surface area contributed by atoms with Gasteiger partial charge in [0.2, 0.25) is 10.0 Å². The zero-order chi connectivity index (χ0) is 17.3. The van der Waals surface area contributed by atoms with Crippen molar-refractivity contribution >= 4 is 44.6 Å². The van der Waals surface area contributed by atoms with Gasteiger partial charge in [0.1, 0.15) is 21.9 Å². The van der Waals surface area contributed by atoms with Crippen LogP contribution in [0.25, 0.3) is 5.69 Å². The number of nitrogens with zero attached hydrogens (tertiary/aromatic N) is 3. The fourth-order valence-corrected chi connectivity index (χ4v) is 5.51. The normalized spacial score (nSPS) is 13.1. The first kappa shape index (κ1) is 17.4. The van der Waals surface area contributed by atoms with Crippen LogP contribution < -0.4 is 4.72 Å². The molecular formula is C14H12Cl2N4O2S2. The van der Waals surface area contributed by atoms with Gasteiger partial charge in [0, 0.05) is 6.04 Å². The number of halogens is 2. The quantitative estimate of drug-likeness (QED) is 0.705. The van der Waals surface area contributed by atoms with E-state index in [1.165, 1.54) is 12.4 Å². The van der Waals surface area contributed by atoms with Gasteiger partial charge in [-0.3, -0.25) is 0 Å². The van der Waals surface area contributed by atoms with Crippen molar-refractivity contribution in [3.8, 4) is 5.69 Å². The smallest absolute Gasteiger partial charge is 0.223 e. The van der Waals surface area contributed by atoms with Gasteiger partial charge in [-0.25, -0.2) is 22.8 Å². The van der Waals surface area contributed by atoms with Crippen molar-refractivity contribution in [1.29, 1.82) is 0 Å². The van der Waals surface area contributed by atoms with Crippen molar-refractivity contribution in [2.75, 3.05) is 0 Å². The van der Waals surface area contributed by atoms with Gasteiger partial charge in [-0.15, -0.1) is 11.3 Å². The van der Waals surface area contributed by atoms with E-state index in [-0.39, 0.29) is 9.23 Å². The van der Waals surface area contributed by atoms with Gasteiger partial charge in [-0.1, -0.05) is 35.3 Å². The van der Waals surface area contributed by atoms with Crippen LogP contribution in [0.4, 0.5) is 0 Å². The molecule has 0 spiro atoms. The molecule has 0 saturated carbocycles. The third-order valence-electron chi connectivity index (χ3n) is 3.32. The van der Waals surface area contributed by atoms with Gasteiger partial charge in [-0.05, 0) is 30.7 Å². The molecule has 0 saturated heterocycles. The monoisotopic (exact) mass is 402 g/mol. The van der Waals surface area contributed by atoms with Gasteiger partial charge < -0.3 is 0 Å². The Morgan fingerprint density at radius 1 is 1.25 bits per heavy atom. The van der Waals surface area contributed by atoms with Gasteiger partial charge in [0.15, 0.2) is 0 Å². The lowest BCUT2D eigenvalue weighted by Gasteiger charge is -2.14. The number of hydrogen-bond acceptors (Lipinski definition) is 5. The van der Waals surface area contributed by atoms with Crippen molar-refractivity contribution in [3.05, 3.63) is 57.2 Å². The summed E-state index contributed by atoms with van der Waals surface area (Å²) in [7, 11) is -3.75. The number of thiophene rings is 1. The summed E-state index contributed by atoms with van der Waals surface area (Å²) in [6, 6.07) is 8.23. The van der Waals surface area contributed by atoms with E-state index >= 15 is 0 Å². The first-order chi connectivity index (χ1) is 11.4. The zero-order valence-corrected chi connectivity index (χ0v) is 15.5. The Hall–Kier alpha value is -1.45. The molecule has 10 heteroatoms. The van der Waals surface area contributed by atoms with E-state index < -0.39 is 16.1 Å². The molecule has 0 aliphatic carbocycles. The molecule has 2 aromatic heterocycles. The number of hydrogen-bond donors (Lipinski definition) is 1. The standard InChI is InChI=1S/C14H12Cl2N4O2S2/c1-9(19-24(21,22)12-6-13(15)23-14(12)16)10-2-4-11(5-3-10)20-8-17-7-18-20/h2-9,19H,1H3. The summed E-state index contributed by atoms with van der Waals surface area (Å²) < 4.78 is 29.5. The Labute approximate surface area is 153 Å². The predicted molar refractivity (Wildman–Crippen MR) is 94.4 cm³/mol. The van der Waals surface area contributed by atoms with Crippen LogP contribution >= 0.6 is 34.5 Å². The fraction of sp³-hybridized carbons (Fsp3) is 0.143. The highest BCUT2D eigenvalue weighted by molar-refractivity contribution is 7.89. The minimum atomic E-state index is -3.75. The second-order valence-electron chi connectivity index (χ2n) is 4.96.